The summed E-state index contributed by atoms with van der Waals surface area (Å²) in [6.45, 7) is 6.40. The summed E-state index contributed by atoms with van der Waals surface area (Å²) >= 11 is 1.84. The number of ether oxygens (including phenoxy) is 2. The molecule has 0 amide bonds. The van der Waals surface area contributed by atoms with Gasteiger partial charge in [-0.05, 0) is 17.5 Å². The van der Waals surface area contributed by atoms with Gasteiger partial charge in [0.1, 0.15) is 0 Å². The lowest BCUT2D eigenvalue weighted by molar-refractivity contribution is -0.192. The van der Waals surface area contributed by atoms with Crippen LogP contribution >= 0.6 is 11.3 Å². The molecule has 0 aliphatic carbocycles. The largest absolute Gasteiger partial charge is 0.493 e. The van der Waals surface area contributed by atoms with Crippen molar-refractivity contribution in [2.24, 2.45) is 0 Å². The van der Waals surface area contributed by atoms with Crippen molar-refractivity contribution in [2.75, 3.05) is 40.4 Å². The molecule has 0 saturated carbocycles. The van der Waals surface area contributed by atoms with E-state index in [4.69, 9.17) is 19.4 Å². The lowest BCUT2D eigenvalue weighted by atomic mass is 10.1. The Hall–Kier alpha value is -2.30. The van der Waals surface area contributed by atoms with Crippen molar-refractivity contribution in [1.29, 1.82) is 0 Å². The summed E-state index contributed by atoms with van der Waals surface area (Å²) in [7, 11) is 3.39. The third kappa shape index (κ3) is 7.19. The number of nitrogens with zero attached hydrogens (tertiary/aromatic N) is 2. The molecule has 10 heteroatoms. The highest BCUT2D eigenvalue weighted by Gasteiger charge is 2.38. The Bertz CT molecular complexity index is 792. The lowest BCUT2D eigenvalue weighted by Gasteiger charge is -2.34. The molecule has 30 heavy (non-hydrogen) atoms. The second-order valence-corrected chi connectivity index (χ2v) is 7.62. The first-order valence-corrected chi connectivity index (χ1v) is 10.1. The van der Waals surface area contributed by atoms with Gasteiger partial charge in [-0.25, -0.2) is 4.79 Å². The van der Waals surface area contributed by atoms with Crippen molar-refractivity contribution >= 4 is 17.3 Å². The number of alkyl halides is 3. The zero-order valence-corrected chi connectivity index (χ0v) is 17.6. The highest BCUT2D eigenvalue weighted by molar-refractivity contribution is 7.09. The summed E-state index contributed by atoms with van der Waals surface area (Å²) in [6, 6.07) is 10.5. The maximum atomic E-state index is 10.6. The van der Waals surface area contributed by atoms with Crippen molar-refractivity contribution in [3.05, 3.63) is 46.2 Å². The van der Waals surface area contributed by atoms with Gasteiger partial charge in [-0.2, -0.15) is 13.2 Å². The molecule has 0 spiro atoms. The molecule has 1 aliphatic rings. The summed E-state index contributed by atoms with van der Waals surface area (Å²) in [6.07, 6.45) is -5.08. The normalized spacial score (nSPS) is 15.2. The first-order valence-electron chi connectivity index (χ1n) is 9.21. The van der Waals surface area contributed by atoms with Crippen LogP contribution in [0.3, 0.4) is 0 Å². The predicted molar refractivity (Wildman–Crippen MR) is 108 cm³/mol. The van der Waals surface area contributed by atoms with Gasteiger partial charge in [0.05, 0.1) is 14.2 Å². The van der Waals surface area contributed by atoms with Crippen LogP contribution in [-0.4, -0.2) is 67.5 Å². The van der Waals surface area contributed by atoms with Crippen LogP contribution in [-0.2, 0) is 17.9 Å². The molecular formula is C20H25F3N2O4S. The Balaban J connectivity index is 0.000000396. The Morgan fingerprint density at radius 2 is 1.63 bits per heavy atom. The number of carboxylic acids is 1. The van der Waals surface area contributed by atoms with E-state index in [9.17, 15) is 13.2 Å². The van der Waals surface area contributed by atoms with Crippen LogP contribution in [0.1, 0.15) is 10.4 Å². The fraction of sp³-hybridized carbons (Fsp3) is 0.450. The van der Waals surface area contributed by atoms with Crippen molar-refractivity contribution in [2.45, 2.75) is 19.3 Å². The van der Waals surface area contributed by atoms with E-state index in [1.807, 2.05) is 23.5 Å². The number of thiophene rings is 1. The quantitative estimate of drug-likeness (QED) is 0.730. The molecule has 0 bridgehead atoms. The number of para-hydroxylation sites is 1. The molecule has 3 rings (SSSR count). The smallest absolute Gasteiger partial charge is 0.490 e. The molecule has 1 aromatic heterocycles. The summed E-state index contributed by atoms with van der Waals surface area (Å²) < 4.78 is 42.7. The van der Waals surface area contributed by atoms with Crippen molar-refractivity contribution < 1.29 is 32.5 Å². The third-order valence-electron chi connectivity index (χ3n) is 4.55. The number of carbonyl (C=O) groups is 1. The first-order chi connectivity index (χ1) is 14.2. The molecule has 1 aliphatic heterocycles. The standard InChI is InChI=1S/C18H24N2O2S.C2HF3O2/c1-21-17-7-3-5-15(18(17)22-2)13-19-8-10-20(11-9-19)14-16-6-4-12-23-16;3-2(4,5)1(6)7/h3-7,12H,8-11,13-14H2,1-2H3;(H,6,7). The Morgan fingerprint density at radius 1 is 1.03 bits per heavy atom. The molecule has 0 atom stereocenters. The van der Waals surface area contributed by atoms with Crippen molar-refractivity contribution in [1.82, 2.24) is 9.80 Å². The summed E-state index contributed by atoms with van der Waals surface area (Å²) in [5, 5.41) is 9.28. The Kier molecular flexibility index (Phi) is 8.94. The third-order valence-corrected chi connectivity index (χ3v) is 5.41. The minimum atomic E-state index is -5.08. The van der Waals surface area contributed by atoms with Gasteiger partial charge in [0.2, 0.25) is 0 Å². The molecule has 1 aromatic carbocycles. The first kappa shape index (κ1) is 24.0. The fourth-order valence-electron chi connectivity index (χ4n) is 3.05. The topological polar surface area (TPSA) is 62.2 Å². The molecule has 2 heterocycles. The number of hydrogen-bond acceptors (Lipinski definition) is 6. The predicted octanol–water partition coefficient (Wildman–Crippen LogP) is 3.72. The maximum Gasteiger partial charge on any atom is 0.490 e. The molecule has 0 unspecified atom stereocenters. The molecule has 0 radical (unpaired) electrons. The Labute approximate surface area is 177 Å². The van der Waals surface area contributed by atoms with Crippen molar-refractivity contribution in [3.8, 4) is 11.5 Å². The number of methoxy groups -OCH3 is 2. The number of benzene rings is 1. The van der Waals surface area contributed by atoms with Crippen LogP contribution in [0.15, 0.2) is 35.7 Å². The van der Waals surface area contributed by atoms with Crippen LogP contribution in [0.25, 0.3) is 0 Å². The zero-order chi connectivity index (χ0) is 22.1. The summed E-state index contributed by atoms with van der Waals surface area (Å²) in [5.74, 6) is -1.09. The van der Waals surface area contributed by atoms with E-state index in [1.54, 1.807) is 14.2 Å². The minimum Gasteiger partial charge on any atom is -0.493 e. The van der Waals surface area contributed by atoms with E-state index in [-0.39, 0.29) is 0 Å². The molecule has 166 valence electrons. The molecule has 2 aromatic rings. The van der Waals surface area contributed by atoms with E-state index in [1.165, 1.54) is 10.4 Å². The molecule has 6 nitrogen and oxygen atoms in total. The highest BCUT2D eigenvalue weighted by atomic mass is 32.1. The minimum absolute atomic E-state index is 0.807. The van der Waals surface area contributed by atoms with E-state index in [2.05, 4.69) is 33.4 Å². The Morgan fingerprint density at radius 3 is 2.10 bits per heavy atom. The van der Waals surface area contributed by atoms with Gasteiger partial charge in [0, 0.05) is 49.7 Å². The van der Waals surface area contributed by atoms with Gasteiger partial charge in [-0.3, -0.25) is 9.80 Å². The molecule has 1 N–H and O–H groups in total. The van der Waals surface area contributed by atoms with E-state index in [0.717, 1.165) is 50.8 Å². The van der Waals surface area contributed by atoms with E-state index >= 15 is 0 Å². The SMILES string of the molecule is COc1cccc(CN2CCN(Cc3cccs3)CC2)c1OC.O=C(O)C(F)(F)F. The number of piperazine rings is 1. The van der Waals surface area contributed by atoms with Crippen LogP contribution in [0.4, 0.5) is 13.2 Å². The molecule has 1 saturated heterocycles. The lowest BCUT2D eigenvalue weighted by Crippen LogP contribution is -2.45. The fourth-order valence-corrected chi connectivity index (χ4v) is 3.79. The van der Waals surface area contributed by atoms with Crippen LogP contribution in [0, 0.1) is 0 Å². The average Bonchev–Trinajstić information content (AvgIpc) is 3.22. The zero-order valence-electron chi connectivity index (χ0n) is 16.8. The second-order valence-electron chi connectivity index (χ2n) is 6.59. The van der Waals surface area contributed by atoms with Gasteiger partial charge in [0.25, 0.3) is 0 Å². The second kappa shape index (κ2) is 11.2. The van der Waals surface area contributed by atoms with Crippen molar-refractivity contribution in [3.63, 3.8) is 0 Å². The number of hydrogen-bond donors (Lipinski definition) is 1. The average molecular weight is 446 g/mol. The molecular weight excluding hydrogens is 421 g/mol. The van der Waals surface area contributed by atoms with E-state index in [0.29, 0.717) is 0 Å². The number of halogens is 3. The van der Waals surface area contributed by atoms with Gasteiger partial charge >= 0.3 is 12.1 Å². The van der Waals surface area contributed by atoms with Crippen LogP contribution < -0.4 is 9.47 Å². The number of rotatable bonds is 6. The highest BCUT2D eigenvalue weighted by Crippen LogP contribution is 2.31. The van der Waals surface area contributed by atoms with Gasteiger partial charge in [-0.1, -0.05) is 18.2 Å². The van der Waals surface area contributed by atoms with Gasteiger partial charge in [0.15, 0.2) is 11.5 Å². The van der Waals surface area contributed by atoms with Gasteiger partial charge in [-0.15, -0.1) is 11.3 Å². The monoisotopic (exact) mass is 446 g/mol. The van der Waals surface area contributed by atoms with Crippen LogP contribution in [0.5, 0.6) is 11.5 Å². The van der Waals surface area contributed by atoms with E-state index < -0.39 is 12.1 Å². The summed E-state index contributed by atoms with van der Waals surface area (Å²) in [5.41, 5.74) is 1.19. The maximum absolute atomic E-state index is 10.6. The number of carboxylic acid groups (broad SMARTS) is 1. The van der Waals surface area contributed by atoms with Gasteiger partial charge < -0.3 is 14.6 Å². The molecule has 1 fully saturated rings. The summed E-state index contributed by atoms with van der Waals surface area (Å²) in [4.78, 5) is 15.4. The van der Waals surface area contributed by atoms with Crippen LogP contribution in [0.2, 0.25) is 0 Å². The number of aliphatic carboxylic acids is 1.